The van der Waals surface area contributed by atoms with Gasteiger partial charge < -0.3 is 19.7 Å². The zero-order valence-electron chi connectivity index (χ0n) is 22.1. The van der Waals surface area contributed by atoms with Crippen LogP contribution in [0.15, 0.2) is 36.4 Å². The van der Waals surface area contributed by atoms with E-state index in [0.29, 0.717) is 12.8 Å². The average molecular weight is 485 g/mol. The van der Waals surface area contributed by atoms with Gasteiger partial charge in [0.15, 0.2) is 5.92 Å². The number of rotatable bonds is 9. The number of phenolic OH excluding ortho intramolecular Hbond substituents is 2. The molecule has 0 fully saturated rings. The van der Waals surface area contributed by atoms with Crippen LogP contribution in [0.2, 0.25) is 0 Å². The summed E-state index contributed by atoms with van der Waals surface area (Å²) >= 11 is 0. The second-order valence-electron chi connectivity index (χ2n) is 11.1. The average Bonchev–Trinajstić information content (AvgIpc) is 2.76. The van der Waals surface area contributed by atoms with Gasteiger partial charge >= 0.3 is 11.9 Å². The molecule has 2 aromatic rings. The van der Waals surface area contributed by atoms with Crippen molar-refractivity contribution in [3.63, 3.8) is 0 Å². The van der Waals surface area contributed by atoms with Crippen LogP contribution in [0.3, 0.4) is 0 Å². The monoisotopic (exact) mass is 484 g/mol. The lowest BCUT2D eigenvalue weighted by molar-refractivity contribution is -0.164. The summed E-state index contributed by atoms with van der Waals surface area (Å²) in [7, 11) is 0. The fraction of sp³-hybridized carbons (Fsp3) is 0.517. The second-order valence-corrected chi connectivity index (χ2v) is 11.1. The Hall–Kier alpha value is -3.02. The third-order valence-corrected chi connectivity index (χ3v) is 5.92. The first-order valence-electron chi connectivity index (χ1n) is 12.2. The van der Waals surface area contributed by atoms with Crippen molar-refractivity contribution >= 4 is 11.9 Å². The van der Waals surface area contributed by atoms with Gasteiger partial charge in [0.25, 0.3) is 0 Å². The molecule has 0 saturated carbocycles. The molecule has 2 aromatic carbocycles. The molecule has 2 rings (SSSR count). The highest BCUT2D eigenvalue weighted by molar-refractivity contribution is 5.94. The molecular formula is C29H40O6. The molecule has 0 aliphatic heterocycles. The Labute approximate surface area is 209 Å². The Kier molecular flexibility index (Phi) is 9.36. The van der Waals surface area contributed by atoms with Gasteiger partial charge in [-0.1, -0.05) is 73.4 Å². The standard InChI is InChI=1S/C29H40O6/c1-8-9-10-21(26(32)34-17-19-11-13-24(30)22(15-19)28(2,3)4)27(33)35-18-20-12-14-25(31)23(16-20)29(5,6)7/h11-16,21,30-31H,8-10,17-18H2,1-7H3. The van der Waals surface area contributed by atoms with E-state index >= 15 is 0 Å². The third kappa shape index (κ3) is 8.01. The van der Waals surface area contributed by atoms with Crippen molar-refractivity contribution in [2.24, 2.45) is 5.92 Å². The van der Waals surface area contributed by atoms with Crippen molar-refractivity contribution in [1.82, 2.24) is 0 Å². The number of benzene rings is 2. The highest BCUT2D eigenvalue weighted by Gasteiger charge is 2.30. The van der Waals surface area contributed by atoms with E-state index in [4.69, 9.17) is 9.47 Å². The lowest BCUT2D eigenvalue weighted by Crippen LogP contribution is -2.28. The molecule has 0 aliphatic rings. The topological polar surface area (TPSA) is 93.1 Å². The minimum Gasteiger partial charge on any atom is -0.508 e. The molecule has 0 radical (unpaired) electrons. The zero-order valence-corrected chi connectivity index (χ0v) is 22.1. The number of hydrogen-bond acceptors (Lipinski definition) is 6. The summed E-state index contributed by atoms with van der Waals surface area (Å²) in [4.78, 5) is 25.7. The van der Waals surface area contributed by atoms with Crippen LogP contribution in [0.5, 0.6) is 11.5 Å². The number of hydrogen-bond donors (Lipinski definition) is 2. The second kappa shape index (κ2) is 11.6. The van der Waals surface area contributed by atoms with Crippen molar-refractivity contribution in [3.8, 4) is 11.5 Å². The Morgan fingerprint density at radius 2 is 1.17 bits per heavy atom. The first-order chi connectivity index (χ1) is 16.2. The van der Waals surface area contributed by atoms with Crippen molar-refractivity contribution in [2.75, 3.05) is 0 Å². The van der Waals surface area contributed by atoms with E-state index in [1.807, 2.05) is 60.6 Å². The summed E-state index contributed by atoms with van der Waals surface area (Å²) < 4.78 is 11.0. The van der Waals surface area contributed by atoms with Crippen molar-refractivity contribution < 1.29 is 29.3 Å². The summed E-state index contributed by atoms with van der Waals surface area (Å²) in [5.41, 5.74) is 2.47. The minimum absolute atomic E-state index is 0.00496. The van der Waals surface area contributed by atoms with Crippen LogP contribution < -0.4 is 0 Å². The predicted molar refractivity (Wildman–Crippen MR) is 136 cm³/mol. The van der Waals surface area contributed by atoms with Crippen molar-refractivity contribution in [2.45, 2.75) is 91.8 Å². The van der Waals surface area contributed by atoms with Gasteiger partial charge in [-0.05, 0) is 63.8 Å². The molecule has 0 bridgehead atoms. The summed E-state index contributed by atoms with van der Waals surface area (Å²) in [6, 6.07) is 10.2. The first kappa shape index (κ1) is 28.2. The molecule has 35 heavy (non-hydrogen) atoms. The molecule has 192 valence electrons. The molecule has 0 unspecified atom stereocenters. The molecule has 0 aliphatic carbocycles. The Bertz CT molecular complexity index is 947. The van der Waals surface area contributed by atoms with Gasteiger partial charge in [0.1, 0.15) is 24.7 Å². The van der Waals surface area contributed by atoms with Crippen LogP contribution in [0.25, 0.3) is 0 Å². The number of carbonyl (C=O) groups is 2. The van der Waals surface area contributed by atoms with Crippen molar-refractivity contribution in [3.05, 3.63) is 58.7 Å². The molecule has 6 nitrogen and oxygen atoms in total. The maximum absolute atomic E-state index is 12.8. The van der Waals surface area contributed by atoms with E-state index in [-0.39, 0.29) is 35.5 Å². The quantitative estimate of drug-likeness (QED) is 0.321. The highest BCUT2D eigenvalue weighted by Crippen LogP contribution is 2.32. The normalized spacial score (nSPS) is 12.0. The van der Waals surface area contributed by atoms with Gasteiger partial charge in [-0.15, -0.1) is 0 Å². The fourth-order valence-electron chi connectivity index (χ4n) is 3.80. The van der Waals surface area contributed by atoms with Gasteiger partial charge in [0.2, 0.25) is 0 Å². The van der Waals surface area contributed by atoms with Crippen LogP contribution in [-0.4, -0.2) is 22.2 Å². The summed E-state index contributed by atoms with van der Waals surface area (Å²) in [6.45, 7) is 14.0. The number of phenols is 2. The highest BCUT2D eigenvalue weighted by atomic mass is 16.6. The molecule has 0 atom stereocenters. The number of unbranched alkanes of at least 4 members (excludes halogenated alkanes) is 1. The summed E-state index contributed by atoms with van der Waals surface area (Å²) in [6.07, 6.45) is 1.87. The SMILES string of the molecule is CCCCC(C(=O)OCc1ccc(O)c(C(C)(C)C)c1)C(=O)OCc1ccc(O)c(C(C)(C)C)c1. The molecule has 0 spiro atoms. The van der Waals surface area contributed by atoms with Crippen molar-refractivity contribution in [1.29, 1.82) is 0 Å². The van der Waals surface area contributed by atoms with Gasteiger partial charge in [0, 0.05) is 0 Å². The number of aromatic hydroxyl groups is 2. The largest absolute Gasteiger partial charge is 0.508 e. The van der Waals surface area contributed by atoms with E-state index in [0.717, 1.165) is 28.7 Å². The van der Waals surface area contributed by atoms with E-state index in [1.165, 1.54) is 0 Å². The van der Waals surface area contributed by atoms with Crippen LogP contribution in [0.1, 0.15) is 90.0 Å². The summed E-state index contributed by atoms with van der Waals surface area (Å²) in [5, 5.41) is 20.3. The van der Waals surface area contributed by atoms with Crippen LogP contribution >= 0.6 is 0 Å². The van der Waals surface area contributed by atoms with Crippen LogP contribution in [0.4, 0.5) is 0 Å². The molecule has 0 heterocycles. The first-order valence-corrected chi connectivity index (χ1v) is 12.2. The van der Waals surface area contributed by atoms with Gasteiger partial charge in [0.05, 0.1) is 0 Å². The number of esters is 2. The molecule has 6 heteroatoms. The Morgan fingerprint density at radius 1 is 0.771 bits per heavy atom. The maximum Gasteiger partial charge on any atom is 0.320 e. The van der Waals surface area contributed by atoms with E-state index in [9.17, 15) is 19.8 Å². The van der Waals surface area contributed by atoms with Crippen LogP contribution in [0, 0.1) is 5.92 Å². The minimum atomic E-state index is -1.01. The number of ether oxygens (including phenoxy) is 2. The zero-order chi connectivity index (χ0) is 26.4. The van der Waals surface area contributed by atoms with E-state index in [1.54, 1.807) is 24.3 Å². The Balaban J connectivity index is 2.08. The van der Waals surface area contributed by atoms with Gasteiger partial charge in [-0.3, -0.25) is 9.59 Å². The molecular weight excluding hydrogens is 444 g/mol. The number of carbonyl (C=O) groups excluding carboxylic acids is 2. The third-order valence-electron chi connectivity index (χ3n) is 5.92. The van der Waals surface area contributed by atoms with Gasteiger partial charge in [-0.25, -0.2) is 0 Å². The molecule has 0 saturated heterocycles. The lowest BCUT2D eigenvalue weighted by Gasteiger charge is -2.22. The molecule has 2 N–H and O–H groups in total. The molecule has 0 aromatic heterocycles. The maximum atomic E-state index is 12.8. The lowest BCUT2D eigenvalue weighted by atomic mass is 9.85. The van der Waals surface area contributed by atoms with Gasteiger partial charge in [-0.2, -0.15) is 0 Å². The van der Waals surface area contributed by atoms with E-state index in [2.05, 4.69) is 0 Å². The molecule has 0 amide bonds. The van der Waals surface area contributed by atoms with E-state index < -0.39 is 17.9 Å². The fourth-order valence-corrected chi connectivity index (χ4v) is 3.80. The predicted octanol–water partition coefficient (Wildman–Crippen LogP) is 6.29. The Morgan fingerprint density at radius 3 is 1.51 bits per heavy atom. The van der Waals surface area contributed by atoms with Crippen LogP contribution in [-0.2, 0) is 43.1 Å². The summed E-state index contributed by atoms with van der Waals surface area (Å²) in [5.74, 6) is -1.85. The smallest absolute Gasteiger partial charge is 0.320 e.